The average Bonchev–Trinajstić information content (AvgIpc) is 2.83. The number of hydrogen-bond acceptors (Lipinski definition) is 5. The maximum Gasteiger partial charge on any atom is 0.293 e. The minimum atomic E-state index is 0.409. The van der Waals surface area contributed by atoms with E-state index < -0.39 is 0 Å². The quantitative estimate of drug-likeness (QED) is 0.920. The number of hydrogen-bond donors (Lipinski definition) is 1. The van der Waals surface area contributed by atoms with E-state index in [4.69, 9.17) is 8.94 Å². The summed E-state index contributed by atoms with van der Waals surface area (Å²) in [5.74, 6) is 1.66. The van der Waals surface area contributed by atoms with E-state index in [9.17, 15) is 0 Å². The van der Waals surface area contributed by atoms with Crippen molar-refractivity contribution in [3.05, 3.63) is 22.6 Å². The van der Waals surface area contributed by atoms with Crippen molar-refractivity contribution < 1.29 is 8.94 Å². The van der Waals surface area contributed by atoms with Gasteiger partial charge in [-0.15, -0.1) is 0 Å². The molecule has 0 amide bonds. The molecule has 15 heavy (non-hydrogen) atoms. The van der Waals surface area contributed by atoms with Crippen LogP contribution < -0.4 is 5.32 Å². The number of furan rings is 1. The molecule has 0 spiro atoms. The van der Waals surface area contributed by atoms with Gasteiger partial charge < -0.3 is 14.3 Å². The second-order valence-electron chi connectivity index (χ2n) is 2.97. The van der Waals surface area contributed by atoms with Crippen LogP contribution in [-0.4, -0.2) is 23.7 Å². The maximum atomic E-state index is 5.29. The molecule has 6 heteroatoms. The number of aromatic nitrogens is 2. The zero-order valence-corrected chi connectivity index (χ0v) is 9.74. The van der Waals surface area contributed by atoms with Crippen LogP contribution in [0, 0.1) is 0 Å². The third-order valence-electron chi connectivity index (χ3n) is 1.85. The van der Waals surface area contributed by atoms with Gasteiger partial charge in [0.15, 0.2) is 16.3 Å². The van der Waals surface area contributed by atoms with Crippen molar-refractivity contribution in [3.63, 3.8) is 0 Å². The Kier molecular flexibility index (Phi) is 3.17. The van der Waals surface area contributed by atoms with Crippen molar-refractivity contribution in [2.24, 2.45) is 0 Å². The van der Waals surface area contributed by atoms with Gasteiger partial charge in [-0.3, -0.25) is 0 Å². The van der Waals surface area contributed by atoms with Crippen molar-refractivity contribution in [1.29, 1.82) is 0 Å². The Morgan fingerprint density at radius 2 is 2.33 bits per heavy atom. The van der Waals surface area contributed by atoms with Crippen molar-refractivity contribution in [2.75, 3.05) is 13.6 Å². The molecule has 1 N–H and O–H groups in total. The molecule has 0 atom stereocenters. The fraction of sp³-hybridized carbons (Fsp3) is 0.333. The Balaban J connectivity index is 2.13. The lowest BCUT2D eigenvalue weighted by atomic mass is 10.4. The number of rotatable bonds is 4. The fourth-order valence-electron chi connectivity index (χ4n) is 1.12. The molecular weight excluding hydrogens is 262 g/mol. The number of nitrogens with zero attached hydrogens (tertiary/aromatic N) is 2. The molecule has 80 valence electrons. The number of likely N-dealkylation sites (N-methyl/N-ethyl adjacent to an activating group) is 1. The van der Waals surface area contributed by atoms with E-state index in [0.717, 1.165) is 13.0 Å². The summed E-state index contributed by atoms with van der Waals surface area (Å²) in [5, 5.41) is 6.85. The first-order valence-electron chi connectivity index (χ1n) is 4.52. The van der Waals surface area contributed by atoms with Crippen LogP contribution in [0.1, 0.15) is 5.82 Å². The second kappa shape index (κ2) is 4.59. The first-order valence-corrected chi connectivity index (χ1v) is 5.32. The zero-order chi connectivity index (χ0) is 10.7. The highest BCUT2D eigenvalue weighted by molar-refractivity contribution is 9.10. The summed E-state index contributed by atoms with van der Waals surface area (Å²) in [6, 6.07) is 3.56. The SMILES string of the molecule is CNCCc1noc(-c2ccc(Br)o2)n1. The largest absolute Gasteiger partial charge is 0.444 e. The molecule has 0 saturated carbocycles. The van der Waals surface area contributed by atoms with Crippen LogP contribution >= 0.6 is 15.9 Å². The van der Waals surface area contributed by atoms with Gasteiger partial charge in [0.1, 0.15) is 0 Å². The molecule has 5 nitrogen and oxygen atoms in total. The summed E-state index contributed by atoms with van der Waals surface area (Å²) >= 11 is 3.21. The lowest BCUT2D eigenvalue weighted by Gasteiger charge is -1.90. The lowest BCUT2D eigenvalue weighted by Crippen LogP contribution is -2.10. The molecule has 0 saturated heterocycles. The second-order valence-corrected chi connectivity index (χ2v) is 3.75. The molecule has 2 aromatic rings. The molecule has 2 rings (SSSR count). The predicted octanol–water partition coefficient (Wildman–Crippen LogP) is 1.85. The van der Waals surface area contributed by atoms with Crippen LogP contribution in [-0.2, 0) is 6.42 Å². The molecular formula is C9H10BrN3O2. The van der Waals surface area contributed by atoms with E-state index in [1.165, 1.54) is 0 Å². The molecule has 0 fully saturated rings. The van der Waals surface area contributed by atoms with Crippen molar-refractivity contribution >= 4 is 15.9 Å². The molecule has 0 aliphatic carbocycles. The monoisotopic (exact) mass is 271 g/mol. The molecule has 0 bridgehead atoms. The van der Waals surface area contributed by atoms with Crippen LogP contribution in [0.15, 0.2) is 25.7 Å². The third kappa shape index (κ3) is 2.45. The third-order valence-corrected chi connectivity index (χ3v) is 2.28. The lowest BCUT2D eigenvalue weighted by molar-refractivity contribution is 0.406. The van der Waals surface area contributed by atoms with Gasteiger partial charge in [-0.05, 0) is 35.1 Å². The minimum Gasteiger partial charge on any atom is -0.444 e. The standard InChI is InChI=1S/C9H10BrN3O2/c1-11-5-4-8-12-9(15-13-8)6-2-3-7(10)14-6/h2-3,11H,4-5H2,1H3. The van der Waals surface area contributed by atoms with E-state index in [0.29, 0.717) is 22.1 Å². The number of nitrogens with one attached hydrogen (secondary N) is 1. The van der Waals surface area contributed by atoms with Gasteiger partial charge in [0.25, 0.3) is 5.89 Å². The zero-order valence-electron chi connectivity index (χ0n) is 8.16. The van der Waals surface area contributed by atoms with Gasteiger partial charge in [-0.2, -0.15) is 4.98 Å². The predicted molar refractivity (Wildman–Crippen MR) is 57.3 cm³/mol. The van der Waals surface area contributed by atoms with Crippen LogP contribution in [0.4, 0.5) is 0 Å². The maximum absolute atomic E-state index is 5.29. The Morgan fingerprint density at radius 1 is 1.47 bits per heavy atom. The Hall–Kier alpha value is -1.14. The summed E-state index contributed by atoms with van der Waals surface area (Å²) in [6.45, 7) is 0.820. The van der Waals surface area contributed by atoms with E-state index >= 15 is 0 Å². The molecule has 0 aliphatic rings. The molecule has 0 unspecified atom stereocenters. The van der Waals surface area contributed by atoms with Crippen molar-refractivity contribution in [1.82, 2.24) is 15.5 Å². The van der Waals surface area contributed by atoms with Crippen molar-refractivity contribution in [2.45, 2.75) is 6.42 Å². The highest BCUT2D eigenvalue weighted by Crippen LogP contribution is 2.23. The summed E-state index contributed by atoms with van der Waals surface area (Å²) < 4.78 is 11.0. The van der Waals surface area contributed by atoms with Gasteiger partial charge >= 0.3 is 0 Å². The van der Waals surface area contributed by atoms with Gasteiger partial charge in [-0.1, -0.05) is 5.16 Å². The Morgan fingerprint density at radius 3 is 3.00 bits per heavy atom. The smallest absolute Gasteiger partial charge is 0.293 e. The summed E-state index contributed by atoms with van der Waals surface area (Å²) in [4.78, 5) is 4.20. The summed E-state index contributed by atoms with van der Waals surface area (Å²) in [7, 11) is 1.88. The average molecular weight is 272 g/mol. The molecule has 2 heterocycles. The highest BCUT2D eigenvalue weighted by atomic mass is 79.9. The minimum absolute atomic E-state index is 0.409. The molecule has 0 aliphatic heterocycles. The van der Waals surface area contributed by atoms with Gasteiger partial charge in [-0.25, -0.2) is 0 Å². The Bertz CT molecular complexity index is 438. The number of halogens is 1. The van der Waals surface area contributed by atoms with E-state index in [1.807, 2.05) is 7.05 Å². The van der Waals surface area contributed by atoms with E-state index in [2.05, 4.69) is 31.4 Å². The van der Waals surface area contributed by atoms with Gasteiger partial charge in [0, 0.05) is 13.0 Å². The summed E-state index contributed by atoms with van der Waals surface area (Å²) in [6.07, 6.45) is 0.738. The topological polar surface area (TPSA) is 64.1 Å². The van der Waals surface area contributed by atoms with Crippen LogP contribution in [0.2, 0.25) is 0 Å². The molecule has 2 aromatic heterocycles. The van der Waals surface area contributed by atoms with Crippen LogP contribution in [0.5, 0.6) is 0 Å². The first-order chi connectivity index (χ1) is 7.29. The van der Waals surface area contributed by atoms with Crippen LogP contribution in [0.25, 0.3) is 11.7 Å². The molecule has 0 radical (unpaired) electrons. The highest BCUT2D eigenvalue weighted by Gasteiger charge is 2.11. The van der Waals surface area contributed by atoms with Gasteiger partial charge in [0.2, 0.25) is 0 Å². The van der Waals surface area contributed by atoms with Gasteiger partial charge in [0.05, 0.1) is 0 Å². The Labute approximate surface area is 95.0 Å². The van der Waals surface area contributed by atoms with E-state index in [1.54, 1.807) is 12.1 Å². The van der Waals surface area contributed by atoms with Crippen molar-refractivity contribution in [3.8, 4) is 11.7 Å². The summed E-state index contributed by atoms with van der Waals surface area (Å²) in [5.41, 5.74) is 0. The molecule has 0 aromatic carbocycles. The fourth-order valence-corrected chi connectivity index (χ4v) is 1.43. The van der Waals surface area contributed by atoms with Crippen LogP contribution in [0.3, 0.4) is 0 Å². The normalized spacial score (nSPS) is 10.8. The first kappa shape index (κ1) is 10.4. The van der Waals surface area contributed by atoms with E-state index in [-0.39, 0.29) is 0 Å².